The Morgan fingerprint density at radius 2 is 1.78 bits per heavy atom. The molecule has 2 unspecified atom stereocenters. The number of rotatable bonds is 9. The van der Waals surface area contributed by atoms with E-state index in [4.69, 9.17) is 27.2 Å². The lowest BCUT2D eigenvalue weighted by atomic mass is 9.95. The van der Waals surface area contributed by atoms with E-state index in [9.17, 15) is 9.90 Å². The highest BCUT2D eigenvalue weighted by molar-refractivity contribution is 6.31. The molecule has 3 atom stereocenters. The molecule has 2 saturated heterocycles. The zero-order chi connectivity index (χ0) is 28.7. The quantitative estimate of drug-likeness (QED) is 0.254. The van der Waals surface area contributed by atoms with E-state index in [1.165, 1.54) is 12.8 Å². The number of nitrogens with zero attached hydrogens (tertiary/aromatic N) is 3. The molecule has 3 N–H and O–H groups in total. The zero-order valence-electron chi connectivity index (χ0n) is 23.5. The molecule has 0 saturated carbocycles. The Labute approximate surface area is 245 Å². The molecule has 1 aromatic heterocycles. The number of primary amides is 1. The summed E-state index contributed by atoms with van der Waals surface area (Å²) >= 11 is 6.67. The second-order valence-electron chi connectivity index (χ2n) is 11.7. The fourth-order valence-corrected chi connectivity index (χ4v) is 7.14. The van der Waals surface area contributed by atoms with Gasteiger partial charge in [0.25, 0.3) is 0 Å². The first-order valence-electron chi connectivity index (χ1n) is 14.5. The Kier molecular flexibility index (Phi) is 7.77. The van der Waals surface area contributed by atoms with Gasteiger partial charge in [0.05, 0.1) is 18.2 Å². The first kappa shape index (κ1) is 27.8. The number of nitrogens with two attached hydrogens (primary N) is 1. The Hall–Kier alpha value is -3.39. The van der Waals surface area contributed by atoms with Gasteiger partial charge < -0.3 is 15.6 Å². The summed E-state index contributed by atoms with van der Waals surface area (Å²) in [5, 5.41) is 16.1. The van der Waals surface area contributed by atoms with Crippen molar-refractivity contribution < 1.29 is 14.6 Å². The van der Waals surface area contributed by atoms with Crippen LogP contribution in [0.5, 0.6) is 5.75 Å². The fraction of sp³-hybridized carbons (Fsp3) is 0.394. The molecule has 6 rings (SSSR count). The number of hydrogen-bond donors (Lipinski definition) is 2. The van der Waals surface area contributed by atoms with Crippen molar-refractivity contribution in [3.8, 4) is 17.0 Å². The van der Waals surface area contributed by atoms with Crippen LogP contribution in [0, 0.1) is 5.92 Å². The molecular formula is C33H37ClN4O3. The van der Waals surface area contributed by atoms with Crippen molar-refractivity contribution in [1.29, 1.82) is 0 Å². The number of aliphatic hydroxyl groups excluding tert-OH is 1. The molecule has 7 nitrogen and oxygen atoms in total. The lowest BCUT2D eigenvalue weighted by Gasteiger charge is -2.38. The van der Waals surface area contributed by atoms with Crippen molar-refractivity contribution in [1.82, 2.24) is 14.7 Å². The second-order valence-corrected chi connectivity index (χ2v) is 12.1. The average Bonchev–Trinajstić information content (AvgIpc) is 3.43. The highest BCUT2D eigenvalue weighted by Crippen LogP contribution is 2.39. The maximum atomic E-state index is 12.1. The molecule has 0 spiro atoms. The molecule has 1 amide bonds. The third kappa shape index (κ3) is 5.34. The number of aliphatic hydroxyl groups is 1. The van der Waals surface area contributed by atoms with Crippen LogP contribution in [0.4, 0.5) is 0 Å². The number of carbonyl (C=O) groups is 1. The summed E-state index contributed by atoms with van der Waals surface area (Å²) in [7, 11) is 0. The topological polar surface area (TPSA) is 93.6 Å². The number of fused-ring (bicyclic) bond motifs is 3. The summed E-state index contributed by atoms with van der Waals surface area (Å²) in [4.78, 5) is 14.6. The highest BCUT2D eigenvalue weighted by Gasteiger charge is 2.41. The molecule has 8 heteroatoms. The van der Waals surface area contributed by atoms with Crippen LogP contribution in [0.1, 0.15) is 61.5 Å². The van der Waals surface area contributed by atoms with Crippen LogP contribution in [-0.2, 0) is 0 Å². The molecule has 0 aliphatic carbocycles. The van der Waals surface area contributed by atoms with Crippen molar-refractivity contribution in [2.75, 3.05) is 13.2 Å². The van der Waals surface area contributed by atoms with Crippen LogP contribution in [0.15, 0.2) is 66.7 Å². The normalized spacial score (nSPS) is 21.4. The lowest BCUT2D eigenvalue weighted by Crippen LogP contribution is -2.47. The van der Waals surface area contributed by atoms with Crippen LogP contribution < -0.4 is 10.5 Å². The van der Waals surface area contributed by atoms with Crippen molar-refractivity contribution in [2.24, 2.45) is 11.7 Å². The van der Waals surface area contributed by atoms with E-state index in [0.29, 0.717) is 22.7 Å². The Morgan fingerprint density at radius 1 is 1.07 bits per heavy atom. The van der Waals surface area contributed by atoms with Gasteiger partial charge in [-0.25, -0.2) is 0 Å². The summed E-state index contributed by atoms with van der Waals surface area (Å²) in [6.45, 7) is 5.28. The van der Waals surface area contributed by atoms with E-state index in [-0.39, 0.29) is 24.7 Å². The van der Waals surface area contributed by atoms with Gasteiger partial charge in [0.2, 0.25) is 5.91 Å². The molecule has 41 heavy (non-hydrogen) atoms. The average molecular weight is 573 g/mol. The van der Waals surface area contributed by atoms with Crippen LogP contribution in [0.3, 0.4) is 0 Å². The molecule has 0 radical (unpaired) electrons. The third-order valence-corrected chi connectivity index (χ3v) is 9.08. The molecule has 2 aliphatic heterocycles. The summed E-state index contributed by atoms with van der Waals surface area (Å²) < 4.78 is 8.48. The van der Waals surface area contributed by atoms with Crippen molar-refractivity contribution >= 4 is 28.4 Å². The first-order valence-corrected chi connectivity index (χ1v) is 14.9. The van der Waals surface area contributed by atoms with Crippen LogP contribution in [0.25, 0.3) is 22.2 Å². The number of carbonyl (C=O) groups excluding carboxylic acids is 1. The Bertz CT molecular complexity index is 1540. The van der Waals surface area contributed by atoms with Gasteiger partial charge in [-0.15, -0.1) is 0 Å². The third-order valence-electron chi connectivity index (χ3n) is 8.74. The largest absolute Gasteiger partial charge is 0.490 e. The monoisotopic (exact) mass is 572 g/mol. The van der Waals surface area contributed by atoms with E-state index in [0.717, 1.165) is 52.9 Å². The maximum Gasteiger partial charge on any atom is 0.248 e. The SMILES string of the molecule is CC(C)[C@@H](c1ccccc1Cl)n1nc(-c2ccc(OC3CC4CCC(C3)N4CCO)cc2)c2cc(C(N)=O)ccc21. The highest BCUT2D eigenvalue weighted by atomic mass is 35.5. The fourth-order valence-electron chi connectivity index (χ4n) is 6.89. The van der Waals surface area contributed by atoms with Gasteiger partial charge in [0, 0.05) is 40.2 Å². The van der Waals surface area contributed by atoms with Gasteiger partial charge in [-0.2, -0.15) is 5.10 Å². The van der Waals surface area contributed by atoms with E-state index < -0.39 is 5.91 Å². The summed E-state index contributed by atoms with van der Waals surface area (Å²) in [6.07, 6.45) is 4.51. The van der Waals surface area contributed by atoms with Gasteiger partial charge in [-0.05, 0) is 85.7 Å². The number of benzene rings is 3. The molecule has 2 aliphatic rings. The maximum absolute atomic E-state index is 12.1. The van der Waals surface area contributed by atoms with Crippen LogP contribution in [-0.4, -0.2) is 57.0 Å². The standard InChI is InChI=1S/C33H37ClN4O3/c1-20(2)32(27-5-3-4-6-29(27)34)38-30-14-9-22(33(35)40)17-28(30)31(36-38)21-7-12-25(13-8-21)41-26-18-23-10-11-24(19-26)37(23)15-16-39/h3-9,12-14,17,20,23-24,26,32,39H,10-11,15-16,18-19H2,1-2H3,(H2,35,40)/t23?,24?,26?,32-/m0/s1. The van der Waals surface area contributed by atoms with Crippen molar-refractivity contribution in [3.05, 3.63) is 82.9 Å². The Balaban J connectivity index is 1.33. The van der Waals surface area contributed by atoms with Crippen LogP contribution in [0.2, 0.25) is 5.02 Å². The summed E-state index contributed by atoms with van der Waals surface area (Å²) in [5.74, 6) is 0.572. The van der Waals surface area contributed by atoms with Gasteiger partial charge in [0.1, 0.15) is 17.5 Å². The zero-order valence-corrected chi connectivity index (χ0v) is 24.3. The number of piperidine rings is 1. The van der Waals surface area contributed by atoms with E-state index in [1.54, 1.807) is 6.07 Å². The van der Waals surface area contributed by atoms with E-state index >= 15 is 0 Å². The summed E-state index contributed by atoms with van der Waals surface area (Å²) in [5.41, 5.74) is 9.73. The molecule has 4 aromatic rings. The minimum absolute atomic E-state index is 0.103. The van der Waals surface area contributed by atoms with Crippen LogP contribution >= 0.6 is 11.6 Å². The molecule has 214 valence electrons. The first-order chi connectivity index (χ1) is 19.8. The van der Waals surface area contributed by atoms with Crippen molar-refractivity contribution in [2.45, 2.75) is 63.8 Å². The van der Waals surface area contributed by atoms with E-state index in [2.05, 4.69) is 18.7 Å². The molecule has 3 heterocycles. The number of halogens is 1. The molecular weight excluding hydrogens is 536 g/mol. The van der Waals surface area contributed by atoms with Gasteiger partial charge in [0.15, 0.2) is 0 Å². The van der Waals surface area contributed by atoms with Gasteiger partial charge in [-0.1, -0.05) is 43.6 Å². The minimum Gasteiger partial charge on any atom is -0.490 e. The molecule has 3 aromatic carbocycles. The van der Waals surface area contributed by atoms with Gasteiger partial charge in [-0.3, -0.25) is 14.4 Å². The smallest absolute Gasteiger partial charge is 0.248 e. The number of amides is 1. The lowest BCUT2D eigenvalue weighted by molar-refractivity contribution is 0.0391. The number of hydrogen-bond acceptors (Lipinski definition) is 5. The van der Waals surface area contributed by atoms with Gasteiger partial charge >= 0.3 is 0 Å². The molecule has 2 bridgehead atoms. The van der Waals surface area contributed by atoms with Crippen molar-refractivity contribution in [3.63, 3.8) is 0 Å². The predicted octanol–water partition coefficient (Wildman–Crippen LogP) is 6.07. The molecule has 2 fully saturated rings. The van der Waals surface area contributed by atoms with E-state index in [1.807, 2.05) is 65.3 Å². The predicted molar refractivity (Wildman–Crippen MR) is 162 cm³/mol. The second kappa shape index (κ2) is 11.5. The summed E-state index contributed by atoms with van der Waals surface area (Å²) in [6, 6.07) is 22.4. The Morgan fingerprint density at radius 3 is 2.41 bits per heavy atom. The minimum atomic E-state index is -0.472. The number of ether oxygens (including phenoxy) is 1. The number of aromatic nitrogens is 2.